The Morgan fingerprint density at radius 3 is 2.53 bits per heavy atom. The number of carboxylic acid groups (broad SMARTS) is 1. The van der Waals surface area contributed by atoms with Gasteiger partial charge >= 0.3 is 5.97 Å². The van der Waals surface area contributed by atoms with Crippen LogP contribution in [-0.2, 0) is 22.6 Å². The number of methoxy groups -OCH3 is 1. The molecule has 0 spiro atoms. The van der Waals surface area contributed by atoms with E-state index in [1.807, 2.05) is 42.5 Å². The molecule has 6 heteroatoms. The van der Waals surface area contributed by atoms with Crippen LogP contribution in [0.2, 0.25) is 0 Å². The second kappa shape index (κ2) is 10.3. The van der Waals surface area contributed by atoms with Crippen LogP contribution in [0.5, 0.6) is 11.5 Å². The van der Waals surface area contributed by atoms with Gasteiger partial charge in [-0.05, 0) is 60.9 Å². The third-order valence-corrected chi connectivity index (χ3v) is 5.99. The molecule has 0 aliphatic rings. The molecule has 0 amide bonds. The monoisotopic (exact) mass is 426 g/mol. The summed E-state index contributed by atoms with van der Waals surface area (Å²) in [7, 11) is 1.67. The standard InChI is InChI=1S/C24H26O5S/c1-4-28-21(24(25)26)13-17-8-10-19(11-9-17)29-15-23-16(2)12-22(30-23)18-6-5-7-20(14-18)27-3/h5-12,14,21H,4,13,15H2,1-3H3,(H,25,26)/t21-/m0/s1. The molecule has 0 aliphatic heterocycles. The van der Waals surface area contributed by atoms with Crippen molar-refractivity contribution in [3.63, 3.8) is 0 Å². The number of carbonyl (C=O) groups is 1. The number of ether oxygens (including phenoxy) is 3. The maximum Gasteiger partial charge on any atom is 0.333 e. The minimum Gasteiger partial charge on any atom is -0.497 e. The molecular weight excluding hydrogens is 400 g/mol. The molecule has 3 rings (SSSR count). The Bertz CT molecular complexity index is 978. The molecule has 0 radical (unpaired) electrons. The predicted octanol–water partition coefficient (Wildman–Crippen LogP) is 5.34. The highest BCUT2D eigenvalue weighted by atomic mass is 32.1. The molecule has 1 atom stereocenters. The Kier molecular flexibility index (Phi) is 7.49. The quantitative estimate of drug-likeness (QED) is 0.474. The average Bonchev–Trinajstić information content (AvgIpc) is 3.13. The zero-order valence-corrected chi connectivity index (χ0v) is 18.2. The zero-order chi connectivity index (χ0) is 21.5. The average molecular weight is 427 g/mol. The highest BCUT2D eigenvalue weighted by Crippen LogP contribution is 2.33. The van der Waals surface area contributed by atoms with Crippen molar-refractivity contribution in [3.8, 4) is 21.9 Å². The summed E-state index contributed by atoms with van der Waals surface area (Å²) in [4.78, 5) is 13.6. The number of rotatable bonds is 10. The fourth-order valence-electron chi connectivity index (χ4n) is 3.09. The van der Waals surface area contributed by atoms with Crippen molar-refractivity contribution in [2.45, 2.75) is 33.0 Å². The van der Waals surface area contributed by atoms with Crippen molar-refractivity contribution in [2.24, 2.45) is 0 Å². The Balaban J connectivity index is 1.63. The number of carboxylic acids is 1. The lowest BCUT2D eigenvalue weighted by Gasteiger charge is -2.13. The van der Waals surface area contributed by atoms with E-state index in [2.05, 4.69) is 19.1 Å². The summed E-state index contributed by atoms with van der Waals surface area (Å²) in [5.41, 5.74) is 3.21. The van der Waals surface area contributed by atoms with E-state index in [1.54, 1.807) is 25.4 Å². The van der Waals surface area contributed by atoms with Gasteiger partial charge in [0, 0.05) is 22.8 Å². The van der Waals surface area contributed by atoms with Gasteiger partial charge in [-0.1, -0.05) is 24.3 Å². The molecule has 0 fully saturated rings. The van der Waals surface area contributed by atoms with Crippen LogP contribution in [-0.4, -0.2) is 30.9 Å². The minimum atomic E-state index is -0.947. The van der Waals surface area contributed by atoms with E-state index >= 15 is 0 Å². The minimum absolute atomic E-state index is 0.331. The van der Waals surface area contributed by atoms with Crippen molar-refractivity contribution < 1.29 is 24.1 Å². The summed E-state index contributed by atoms with van der Waals surface area (Å²) < 4.78 is 16.6. The van der Waals surface area contributed by atoms with E-state index in [4.69, 9.17) is 14.2 Å². The first kappa shape index (κ1) is 21.9. The highest BCUT2D eigenvalue weighted by Gasteiger charge is 2.18. The van der Waals surface area contributed by atoms with Gasteiger partial charge in [0.25, 0.3) is 0 Å². The molecule has 3 aromatic rings. The fourth-order valence-corrected chi connectivity index (χ4v) is 4.17. The van der Waals surface area contributed by atoms with Crippen LogP contribution in [0.15, 0.2) is 54.6 Å². The molecule has 0 unspecified atom stereocenters. The lowest BCUT2D eigenvalue weighted by atomic mass is 10.1. The van der Waals surface area contributed by atoms with Crippen LogP contribution in [0.25, 0.3) is 10.4 Å². The maximum absolute atomic E-state index is 11.2. The van der Waals surface area contributed by atoms with E-state index < -0.39 is 12.1 Å². The van der Waals surface area contributed by atoms with Gasteiger partial charge in [0.15, 0.2) is 6.10 Å². The summed E-state index contributed by atoms with van der Waals surface area (Å²) in [5.74, 6) is 0.640. The van der Waals surface area contributed by atoms with Crippen molar-refractivity contribution in [2.75, 3.05) is 13.7 Å². The summed E-state index contributed by atoms with van der Waals surface area (Å²) in [5, 5.41) is 9.21. The second-order valence-electron chi connectivity index (χ2n) is 6.87. The topological polar surface area (TPSA) is 65.0 Å². The third-order valence-electron chi connectivity index (χ3n) is 4.73. The van der Waals surface area contributed by atoms with Gasteiger partial charge in [-0.3, -0.25) is 0 Å². The molecule has 30 heavy (non-hydrogen) atoms. The van der Waals surface area contributed by atoms with Crippen molar-refractivity contribution >= 4 is 17.3 Å². The first-order valence-electron chi connectivity index (χ1n) is 9.80. The SMILES string of the molecule is CCO[C@@H](Cc1ccc(OCc2sc(-c3cccc(OC)c3)cc2C)cc1)C(=O)O. The molecule has 158 valence electrons. The summed E-state index contributed by atoms with van der Waals surface area (Å²) >= 11 is 1.71. The first-order chi connectivity index (χ1) is 14.5. The lowest BCUT2D eigenvalue weighted by Crippen LogP contribution is -2.26. The largest absolute Gasteiger partial charge is 0.497 e. The molecule has 5 nitrogen and oxygen atoms in total. The van der Waals surface area contributed by atoms with Gasteiger partial charge < -0.3 is 19.3 Å². The molecular formula is C24H26O5S. The van der Waals surface area contributed by atoms with Gasteiger partial charge in [-0.25, -0.2) is 4.79 Å². The molecule has 0 bridgehead atoms. The zero-order valence-electron chi connectivity index (χ0n) is 17.4. The Hall–Kier alpha value is -2.83. The predicted molar refractivity (Wildman–Crippen MR) is 119 cm³/mol. The van der Waals surface area contributed by atoms with E-state index in [-0.39, 0.29) is 0 Å². The number of hydrogen-bond acceptors (Lipinski definition) is 5. The highest BCUT2D eigenvalue weighted by molar-refractivity contribution is 7.15. The number of benzene rings is 2. The summed E-state index contributed by atoms with van der Waals surface area (Å²) in [6.07, 6.45) is -0.497. The van der Waals surface area contributed by atoms with Crippen molar-refractivity contribution in [1.29, 1.82) is 0 Å². The number of hydrogen-bond donors (Lipinski definition) is 1. The van der Waals surface area contributed by atoms with E-state index in [9.17, 15) is 9.90 Å². The maximum atomic E-state index is 11.2. The molecule has 0 saturated heterocycles. The first-order valence-corrected chi connectivity index (χ1v) is 10.6. The van der Waals surface area contributed by atoms with E-state index in [1.165, 1.54) is 15.3 Å². The van der Waals surface area contributed by atoms with Crippen LogP contribution in [0, 0.1) is 6.92 Å². The normalized spacial score (nSPS) is 11.8. The Labute approximate surface area is 180 Å². The number of aliphatic carboxylic acids is 1. The van der Waals surface area contributed by atoms with Crippen LogP contribution >= 0.6 is 11.3 Å². The molecule has 2 aromatic carbocycles. The third kappa shape index (κ3) is 5.62. The summed E-state index contributed by atoms with van der Waals surface area (Å²) in [6.45, 7) is 4.73. The molecule has 1 heterocycles. The van der Waals surface area contributed by atoms with Crippen LogP contribution < -0.4 is 9.47 Å². The molecule has 1 N–H and O–H groups in total. The lowest BCUT2D eigenvalue weighted by molar-refractivity contribution is -0.149. The van der Waals surface area contributed by atoms with Gasteiger partial charge in [0.1, 0.15) is 18.1 Å². The molecule has 1 aromatic heterocycles. The number of aryl methyl sites for hydroxylation is 1. The van der Waals surface area contributed by atoms with Gasteiger partial charge in [0.05, 0.1) is 7.11 Å². The van der Waals surface area contributed by atoms with E-state index in [0.29, 0.717) is 19.6 Å². The second-order valence-corrected chi connectivity index (χ2v) is 8.00. The van der Waals surface area contributed by atoms with Crippen LogP contribution in [0.4, 0.5) is 0 Å². The van der Waals surface area contributed by atoms with Crippen molar-refractivity contribution in [3.05, 3.63) is 70.6 Å². The van der Waals surface area contributed by atoms with Crippen LogP contribution in [0.1, 0.15) is 22.9 Å². The van der Waals surface area contributed by atoms with Crippen molar-refractivity contribution in [1.82, 2.24) is 0 Å². The van der Waals surface area contributed by atoms with E-state index in [0.717, 1.165) is 22.6 Å². The van der Waals surface area contributed by atoms with Gasteiger partial charge in [-0.15, -0.1) is 11.3 Å². The van der Waals surface area contributed by atoms with Gasteiger partial charge in [-0.2, -0.15) is 0 Å². The van der Waals surface area contributed by atoms with Gasteiger partial charge in [0.2, 0.25) is 0 Å². The fraction of sp³-hybridized carbons (Fsp3) is 0.292. The Morgan fingerprint density at radius 1 is 1.10 bits per heavy atom. The molecule has 0 saturated carbocycles. The number of thiophene rings is 1. The summed E-state index contributed by atoms with van der Waals surface area (Å²) in [6, 6.07) is 17.7. The smallest absolute Gasteiger partial charge is 0.333 e. The van der Waals surface area contributed by atoms with Crippen LogP contribution in [0.3, 0.4) is 0 Å². The molecule has 0 aliphatic carbocycles. The Morgan fingerprint density at radius 2 is 1.87 bits per heavy atom.